The lowest BCUT2D eigenvalue weighted by Crippen LogP contribution is -1.94. The van der Waals surface area contributed by atoms with Crippen LogP contribution in [0.25, 0.3) is 0 Å². The second-order valence-corrected chi connectivity index (χ2v) is 1.45. The van der Waals surface area contributed by atoms with Crippen LogP contribution in [-0.2, 0) is 0 Å². The van der Waals surface area contributed by atoms with Gasteiger partial charge in [0, 0.05) is 5.70 Å². The van der Waals surface area contributed by atoms with Crippen molar-refractivity contribution in [1.82, 2.24) is 0 Å². The summed E-state index contributed by atoms with van der Waals surface area (Å²) in [7, 11) is 0. The van der Waals surface area contributed by atoms with Gasteiger partial charge < -0.3 is 10.8 Å². The van der Waals surface area contributed by atoms with E-state index in [1.54, 1.807) is 0 Å². The Hall–Kier alpha value is -0.660. The molecule has 0 aliphatic carbocycles. The Labute approximate surface area is 43.6 Å². The van der Waals surface area contributed by atoms with Gasteiger partial charge in [0.15, 0.2) is 0 Å². The molecule has 0 unspecified atom stereocenters. The van der Waals surface area contributed by atoms with Crippen LogP contribution in [0.5, 0.6) is 0 Å². The molecule has 0 rings (SSSR count). The molecule has 0 heterocycles. The molecule has 0 aliphatic heterocycles. The van der Waals surface area contributed by atoms with E-state index in [0.29, 0.717) is 5.70 Å². The molecule has 0 aromatic carbocycles. The highest BCUT2D eigenvalue weighted by atomic mass is 16.2. The molecule has 0 aromatic heterocycles. The maximum absolute atomic E-state index is 8.18. The summed E-state index contributed by atoms with van der Waals surface area (Å²) in [6, 6.07) is 0. The van der Waals surface area contributed by atoms with E-state index in [0.717, 1.165) is 19.1 Å². The van der Waals surface area contributed by atoms with Crippen molar-refractivity contribution in [2.45, 2.75) is 19.8 Å². The molecule has 0 radical (unpaired) electrons. The van der Waals surface area contributed by atoms with Crippen molar-refractivity contribution in [2.24, 2.45) is 5.73 Å². The summed E-state index contributed by atoms with van der Waals surface area (Å²) in [4.78, 5) is 0. The fraction of sp³-hybridized carbons (Fsp3) is 0.600. The first kappa shape index (κ1) is 6.34. The molecule has 0 atom stereocenters. The van der Waals surface area contributed by atoms with Crippen LogP contribution in [0.2, 0.25) is 0 Å². The maximum Gasteiger partial charge on any atom is 0.0978 e. The predicted molar refractivity (Wildman–Crippen MR) is 29.8 cm³/mol. The van der Waals surface area contributed by atoms with E-state index in [4.69, 9.17) is 10.8 Å². The second-order valence-electron chi connectivity index (χ2n) is 1.45. The van der Waals surface area contributed by atoms with Crippen molar-refractivity contribution >= 4 is 0 Å². The van der Waals surface area contributed by atoms with Crippen molar-refractivity contribution in [1.29, 1.82) is 0 Å². The lowest BCUT2D eigenvalue weighted by molar-refractivity contribution is 0.463. The van der Waals surface area contributed by atoms with Gasteiger partial charge in [-0.2, -0.15) is 0 Å². The van der Waals surface area contributed by atoms with Gasteiger partial charge in [-0.3, -0.25) is 0 Å². The predicted octanol–water partition coefficient (Wildman–Crippen LogP) is 1.14. The first-order chi connectivity index (χ1) is 3.31. The normalized spacial score (nSPS) is 11.9. The largest absolute Gasteiger partial charge is 0.514 e. The molecule has 42 valence electrons. The van der Waals surface area contributed by atoms with Gasteiger partial charge in [0.1, 0.15) is 0 Å². The van der Waals surface area contributed by atoms with Crippen molar-refractivity contribution in [3.8, 4) is 0 Å². The van der Waals surface area contributed by atoms with E-state index in [9.17, 15) is 0 Å². The number of allylic oxidation sites excluding steroid dienone is 1. The van der Waals surface area contributed by atoms with Gasteiger partial charge in [-0.25, -0.2) is 0 Å². The number of rotatable bonds is 2. The summed E-state index contributed by atoms with van der Waals surface area (Å²) in [5, 5.41) is 8.18. The molecule has 0 amide bonds. The van der Waals surface area contributed by atoms with Crippen LogP contribution in [0.1, 0.15) is 19.8 Å². The maximum atomic E-state index is 8.18. The van der Waals surface area contributed by atoms with Crippen LogP contribution >= 0.6 is 0 Å². The highest BCUT2D eigenvalue weighted by Crippen LogP contribution is 1.92. The summed E-state index contributed by atoms with van der Waals surface area (Å²) < 4.78 is 0. The number of aliphatic hydroxyl groups is 1. The van der Waals surface area contributed by atoms with Gasteiger partial charge in [0.2, 0.25) is 0 Å². The lowest BCUT2D eigenvalue weighted by atomic mass is 10.3. The van der Waals surface area contributed by atoms with E-state index >= 15 is 0 Å². The molecule has 2 nitrogen and oxygen atoms in total. The van der Waals surface area contributed by atoms with Crippen molar-refractivity contribution in [3.05, 3.63) is 12.0 Å². The van der Waals surface area contributed by atoms with E-state index in [-0.39, 0.29) is 0 Å². The van der Waals surface area contributed by atoms with Gasteiger partial charge >= 0.3 is 0 Å². The summed E-state index contributed by atoms with van der Waals surface area (Å²) in [6.07, 6.45) is 2.73. The first-order valence-corrected chi connectivity index (χ1v) is 2.40. The molecule has 0 fully saturated rings. The fourth-order valence-electron chi connectivity index (χ4n) is 0.353. The Morgan fingerprint density at radius 2 is 2.43 bits per heavy atom. The molecule has 0 saturated carbocycles. The molecule has 0 bridgehead atoms. The number of hydrogen-bond acceptors (Lipinski definition) is 2. The Bertz CT molecular complexity index is 68.5. The third kappa shape index (κ3) is 3.16. The summed E-state index contributed by atoms with van der Waals surface area (Å²) in [6.45, 7) is 2.01. The van der Waals surface area contributed by atoms with Gasteiger partial charge in [-0.05, 0) is 6.42 Å². The average molecular weight is 101 g/mol. The van der Waals surface area contributed by atoms with Crippen molar-refractivity contribution in [3.63, 3.8) is 0 Å². The molecule has 0 saturated heterocycles. The van der Waals surface area contributed by atoms with Gasteiger partial charge in [0.05, 0.1) is 6.26 Å². The molecule has 0 aliphatic rings. The molecule has 2 heteroatoms. The highest BCUT2D eigenvalue weighted by molar-refractivity contribution is 4.88. The average Bonchev–Trinajstić information content (AvgIpc) is 1.68. The second kappa shape index (κ2) is 3.53. The Morgan fingerprint density at radius 3 is 2.57 bits per heavy atom. The monoisotopic (exact) mass is 101 g/mol. The van der Waals surface area contributed by atoms with Crippen LogP contribution in [0.15, 0.2) is 12.0 Å². The number of aliphatic hydroxyl groups excluding tert-OH is 1. The minimum Gasteiger partial charge on any atom is -0.514 e. The topological polar surface area (TPSA) is 46.2 Å². The van der Waals surface area contributed by atoms with Crippen LogP contribution in [0, 0.1) is 0 Å². The van der Waals surface area contributed by atoms with Crippen LogP contribution in [-0.4, -0.2) is 5.11 Å². The molecular formula is C5H11NO. The zero-order valence-corrected chi connectivity index (χ0v) is 4.52. The van der Waals surface area contributed by atoms with E-state index in [1.807, 2.05) is 6.92 Å². The molecule has 0 spiro atoms. The fourth-order valence-corrected chi connectivity index (χ4v) is 0.353. The van der Waals surface area contributed by atoms with E-state index < -0.39 is 0 Å². The zero-order valence-electron chi connectivity index (χ0n) is 4.52. The first-order valence-electron chi connectivity index (χ1n) is 2.40. The minimum absolute atomic E-state index is 0.558. The summed E-state index contributed by atoms with van der Waals surface area (Å²) in [5.41, 5.74) is 5.75. The van der Waals surface area contributed by atoms with Crippen molar-refractivity contribution in [2.75, 3.05) is 0 Å². The minimum atomic E-state index is 0.558. The summed E-state index contributed by atoms with van der Waals surface area (Å²) in [5.74, 6) is 0. The van der Waals surface area contributed by atoms with Crippen LogP contribution < -0.4 is 5.73 Å². The molecular weight excluding hydrogens is 90.1 g/mol. The van der Waals surface area contributed by atoms with Gasteiger partial charge in [-0.15, -0.1) is 0 Å². The van der Waals surface area contributed by atoms with E-state index in [2.05, 4.69) is 0 Å². The number of hydrogen-bond donors (Lipinski definition) is 2. The van der Waals surface area contributed by atoms with Gasteiger partial charge in [-0.1, -0.05) is 13.3 Å². The number of nitrogens with two attached hydrogens (primary N) is 1. The molecule has 3 N–H and O–H groups in total. The van der Waals surface area contributed by atoms with Gasteiger partial charge in [0.25, 0.3) is 0 Å². The molecule has 0 aromatic rings. The molecule has 7 heavy (non-hydrogen) atoms. The third-order valence-corrected chi connectivity index (χ3v) is 0.704. The third-order valence-electron chi connectivity index (χ3n) is 0.704. The lowest BCUT2D eigenvalue weighted by Gasteiger charge is -1.90. The summed E-state index contributed by atoms with van der Waals surface area (Å²) >= 11 is 0. The Balaban J connectivity index is 3.17. The standard InChI is InChI=1S/C5H11NO/c1-2-3-5(6)4-7/h4,7H,2-3,6H2,1H3. The Kier molecular flexibility index (Phi) is 3.19. The van der Waals surface area contributed by atoms with Crippen molar-refractivity contribution < 1.29 is 5.11 Å². The van der Waals surface area contributed by atoms with Crippen LogP contribution in [0.4, 0.5) is 0 Å². The quantitative estimate of drug-likeness (QED) is 0.512. The SMILES string of the molecule is CCCC(N)=CO. The van der Waals surface area contributed by atoms with Crippen LogP contribution in [0.3, 0.4) is 0 Å². The highest BCUT2D eigenvalue weighted by Gasteiger charge is 1.82. The Morgan fingerprint density at radius 1 is 1.86 bits per heavy atom. The van der Waals surface area contributed by atoms with E-state index in [1.165, 1.54) is 0 Å². The smallest absolute Gasteiger partial charge is 0.0978 e. The zero-order chi connectivity index (χ0) is 5.70.